The van der Waals surface area contributed by atoms with Crippen molar-refractivity contribution in [2.45, 2.75) is 77.7 Å². The van der Waals surface area contributed by atoms with Gasteiger partial charge >= 0.3 is 5.97 Å². The molecule has 0 bridgehead atoms. The molecule has 1 atom stereocenters. The Labute approximate surface area is 116 Å². The molecule has 1 N–H and O–H groups in total. The maximum absolute atomic E-state index is 12.0. The second-order valence-corrected chi connectivity index (χ2v) is 5.09. The second kappa shape index (κ2) is 9.96. The molecule has 112 valence electrons. The van der Waals surface area contributed by atoms with Crippen LogP contribution in [-0.2, 0) is 14.3 Å². The number of esters is 1. The van der Waals surface area contributed by atoms with Crippen LogP contribution in [0.3, 0.4) is 0 Å². The molecule has 4 heteroatoms. The minimum Gasteiger partial charge on any atom is -0.464 e. The first-order valence-electron chi connectivity index (χ1n) is 7.41. The van der Waals surface area contributed by atoms with Gasteiger partial charge in [-0.3, -0.25) is 4.79 Å². The van der Waals surface area contributed by atoms with E-state index < -0.39 is 11.6 Å². The van der Waals surface area contributed by atoms with Crippen LogP contribution in [0, 0.1) is 0 Å². The lowest BCUT2D eigenvalue weighted by Gasteiger charge is -2.25. The summed E-state index contributed by atoms with van der Waals surface area (Å²) in [5.74, 6) is -0.715. The molecule has 0 rings (SSSR count). The first kappa shape index (κ1) is 18.1. The fourth-order valence-electron chi connectivity index (χ4n) is 1.87. The molecule has 0 amide bonds. The molecule has 4 nitrogen and oxygen atoms in total. The van der Waals surface area contributed by atoms with Crippen molar-refractivity contribution in [2.75, 3.05) is 6.61 Å². The number of aliphatic hydroxyl groups is 1. The van der Waals surface area contributed by atoms with E-state index in [1.165, 1.54) is 0 Å². The summed E-state index contributed by atoms with van der Waals surface area (Å²) in [6, 6.07) is 0. The predicted octanol–water partition coefficient (Wildman–Crippen LogP) is 3.01. The summed E-state index contributed by atoms with van der Waals surface area (Å²) in [7, 11) is 0. The summed E-state index contributed by atoms with van der Waals surface area (Å²) in [5, 5.41) is 10.4. The smallest absolute Gasteiger partial charge is 0.338 e. The standard InChI is InChI=1S/C15H28O4/c1-4-7-10-15(18,12-13(16)9-6-3)14(17)19-11-8-5-2/h18H,4-12H2,1-3H3. The zero-order valence-corrected chi connectivity index (χ0v) is 12.5. The number of ketones is 1. The molecular weight excluding hydrogens is 244 g/mol. The van der Waals surface area contributed by atoms with Gasteiger partial charge in [-0.05, 0) is 19.3 Å². The van der Waals surface area contributed by atoms with Gasteiger partial charge < -0.3 is 9.84 Å². The summed E-state index contributed by atoms with van der Waals surface area (Å²) < 4.78 is 5.08. The van der Waals surface area contributed by atoms with Crippen LogP contribution in [0.2, 0.25) is 0 Å². The SMILES string of the molecule is CCCCOC(=O)C(O)(CCCC)CC(=O)CCC. The summed E-state index contributed by atoms with van der Waals surface area (Å²) in [4.78, 5) is 23.6. The van der Waals surface area contributed by atoms with Gasteiger partial charge in [0.15, 0.2) is 5.60 Å². The zero-order chi connectivity index (χ0) is 14.7. The Morgan fingerprint density at radius 3 is 2.21 bits per heavy atom. The summed E-state index contributed by atoms with van der Waals surface area (Å²) >= 11 is 0. The van der Waals surface area contributed by atoms with Gasteiger partial charge in [-0.2, -0.15) is 0 Å². The minimum absolute atomic E-state index is 0.0754. The number of rotatable bonds is 11. The Bertz CT molecular complexity index is 275. The molecule has 0 aliphatic carbocycles. The van der Waals surface area contributed by atoms with E-state index in [1.54, 1.807) is 0 Å². The summed E-state index contributed by atoms with van der Waals surface area (Å²) in [5.41, 5.74) is -1.63. The highest BCUT2D eigenvalue weighted by atomic mass is 16.5. The highest BCUT2D eigenvalue weighted by Gasteiger charge is 2.38. The van der Waals surface area contributed by atoms with Crippen molar-refractivity contribution in [3.63, 3.8) is 0 Å². The number of unbranched alkanes of at least 4 members (excludes halogenated alkanes) is 2. The molecule has 0 heterocycles. The average Bonchev–Trinajstić information content (AvgIpc) is 2.36. The normalized spacial score (nSPS) is 13.9. The quantitative estimate of drug-likeness (QED) is 0.464. The largest absolute Gasteiger partial charge is 0.464 e. The van der Waals surface area contributed by atoms with E-state index in [0.717, 1.165) is 25.7 Å². The molecule has 0 aromatic carbocycles. The van der Waals surface area contributed by atoms with Crippen molar-refractivity contribution in [2.24, 2.45) is 0 Å². The summed E-state index contributed by atoms with van der Waals surface area (Å²) in [6.45, 7) is 6.20. The lowest BCUT2D eigenvalue weighted by Crippen LogP contribution is -2.42. The van der Waals surface area contributed by atoms with Crippen molar-refractivity contribution in [3.05, 3.63) is 0 Å². The lowest BCUT2D eigenvalue weighted by atomic mass is 9.90. The van der Waals surface area contributed by atoms with Crippen LogP contribution in [0.15, 0.2) is 0 Å². The van der Waals surface area contributed by atoms with Crippen LogP contribution in [0.1, 0.15) is 72.1 Å². The van der Waals surface area contributed by atoms with Gasteiger partial charge in [0.05, 0.1) is 6.61 Å². The number of Topliss-reactive ketones (excluding diaryl/α,β-unsaturated/α-hetero) is 1. The topological polar surface area (TPSA) is 63.6 Å². The van der Waals surface area contributed by atoms with Crippen LogP contribution in [0.25, 0.3) is 0 Å². The highest BCUT2D eigenvalue weighted by Crippen LogP contribution is 2.22. The number of carbonyl (C=O) groups excluding carboxylic acids is 2. The Kier molecular flexibility index (Phi) is 9.48. The fraction of sp³-hybridized carbons (Fsp3) is 0.867. The van der Waals surface area contributed by atoms with Crippen LogP contribution >= 0.6 is 0 Å². The summed E-state index contributed by atoms with van der Waals surface area (Å²) in [6.07, 6.45) is 4.58. The number of carbonyl (C=O) groups is 2. The van der Waals surface area contributed by atoms with Gasteiger partial charge in [0.2, 0.25) is 0 Å². The van der Waals surface area contributed by atoms with Crippen LogP contribution in [0.4, 0.5) is 0 Å². The third-order valence-corrected chi connectivity index (χ3v) is 3.07. The number of hydrogen-bond acceptors (Lipinski definition) is 4. The maximum atomic E-state index is 12.0. The van der Waals surface area contributed by atoms with Crippen molar-refractivity contribution in [1.29, 1.82) is 0 Å². The third-order valence-electron chi connectivity index (χ3n) is 3.07. The molecule has 0 spiro atoms. The van der Waals surface area contributed by atoms with Crippen LogP contribution < -0.4 is 0 Å². The molecule has 19 heavy (non-hydrogen) atoms. The van der Waals surface area contributed by atoms with Gasteiger partial charge in [0.25, 0.3) is 0 Å². The van der Waals surface area contributed by atoms with E-state index in [1.807, 2.05) is 20.8 Å². The number of ether oxygens (including phenoxy) is 1. The first-order chi connectivity index (χ1) is 9.00. The molecule has 0 aliphatic heterocycles. The minimum atomic E-state index is -1.63. The molecule has 0 aromatic heterocycles. The van der Waals surface area contributed by atoms with Gasteiger partial charge in [-0.1, -0.05) is 40.0 Å². The van der Waals surface area contributed by atoms with E-state index in [9.17, 15) is 14.7 Å². The molecule has 1 unspecified atom stereocenters. The Balaban J connectivity index is 4.55. The third kappa shape index (κ3) is 7.31. The molecular formula is C15H28O4. The van der Waals surface area contributed by atoms with Crippen molar-refractivity contribution in [3.8, 4) is 0 Å². The van der Waals surface area contributed by atoms with Crippen molar-refractivity contribution >= 4 is 11.8 Å². The fourth-order valence-corrected chi connectivity index (χ4v) is 1.87. The molecule has 0 saturated carbocycles. The van der Waals surface area contributed by atoms with E-state index in [4.69, 9.17) is 4.74 Å². The van der Waals surface area contributed by atoms with Gasteiger partial charge in [0.1, 0.15) is 5.78 Å². The van der Waals surface area contributed by atoms with E-state index >= 15 is 0 Å². The second-order valence-electron chi connectivity index (χ2n) is 5.09. The maximum Gasteiger partial charge on any atom is 0.338 e. The van der Waals surface area contributed by atoms with E-state index in [-0.39, 0.29) is 12.2 Å². The Morgan fingerprint density at radius 2 is 1.68 bits per heavy atom. The van der Waals surface area contributed by atoms with Gasteiger partial charge in [0, 0.05) is 12.8 Å². The first-order valence-corrected chi connectivity index (χ1v) is 7.41. The average molecular weight is 272 g/mol. The molecule has 0 fully saturated rings. The zero-order valence-electron chi connectivity index (χ0n) is 12.5. The molecule has 0 aliphatic rings. The predicted molar refractivity (Wildman–Crippen MR) is 74.9 cm³/mol. The van der Waals surface area contributed by atoms with Crippen molar-refractivity contribution < 1.29 is 19.4 Å². The van der Waals surface area contributed by atoms with Crippen molar-refractivity contribution in [1.82, 2.24) is 0 Å². The van der Waals surface area contributed by atoms with Crippen LogP contribution in [0.5, 0.6) is 0 Å². The Hall–Kier alpha value is -0.900. The number of hydrogen-bond donors (Lipinski definition) is 1. The highest BCUT2D eigenvalue weighted by molar-refractivity contribution is 5.88. The monoisotopic (exact) mass is 272 g/mol. The molecule has 0 radical (unpaired) electrons. The van der Waals surface area contributed by atoms with E-state index in [2.05, 4.69) is 0 Å². The van der Waals surface area contributed by atoms with Gasteiger partial charge in [-0.25, -0.2) is 4.79 Å². The molecule has 0 saturated heterocycles. The van der Waals surface area contributed by atoms with Crippen LogP contribution in [-0.4, -0.2) is 29.1 Å². The lowest BCUT2D eigenvalue weighted by molar-refractivity contribution is -0.169. The van der Waals surface area contributed by atoms with E-state index in [0.29, 0.717) is 25.9 Å². The van der Waals surface area contributed by atoms with Gasteiger partial charge in [-0.15, -0.1) is 0 Å². The Morgan fingerprint density at radius 1 is 1.05 bits per heavy atom. The molecule has 0 aromatic rings.